The van der Waals surface area contributed by atoms with Crippen molar-refractivity contribution in [2.75, 3.05) is 13.7 Å². The highest BCUT2D eigenvalue weighted by Crippen LogP contribution is 2.27. The fourth-order valence-electron chi connectivity index (χ4n) is 1.21. The van der Waals surface area contributed by atoms with Crippen LogP contribution in [0.25, 0.3) is 0 Å². The molecule has 0 bridgehead atoms. The van der Waals surface area contributed by atoms with E-state index in [2.05, 4.69) is 6.58 Å². The predicted octanol–water partition coefficient (Wildman–Crippen LogP) is 2.85. The van der Waals surface area contributed by atoms with E-state index in [1.807, 2.05) is 6.92 Å². The quantitative estimate of drug-likeness (QED) is 0.546. The molecule has 0 unspecified atom stereocenters. The van der Waals surface area contributed by atoms with E-state index in [0.29, 0.717) is 23.7 Å². The number of ether oxygens (including phenoxy) is 2. The van der Waals surface area contributed by atoms with Crippen LogP contribution in [-0.4, -0.2) is 20.0 Å². The molecule has 0 aliphatic heterocycles. The van der Waals surface area contributed by atoms with Crippen molar-refractivity contribution in [2.45, 2.75) is 13.3 Å². The Balaban J connectivity index is 2.74. The molecule has 1 rings (SSSR count). The van der Waals surface area contributed by atoms with Crippen LogP contribution in [0.5, 0.6) is 11.5 Å². The second kappa shape index (κ2) is 5.95. The van der Waals surface area contributed by atoms with E-state index >= 15 is 0 Å². The first-order valence-corrected chi connectivity index (χ1v) is 5.07. The molecule has 0 N–H and O–H groups in total. The number of carbonyl (C=O) groups is 1. The highest BCUT2D eigenvalue weighted by atomic mass is 16.5. The lowest BCUT2D eigenvalue weighted by Crippen LogP contribution is -2.00. The summed E-state index contributed by atoms with van der Waals surface area (Å²) in [5.41, 5.74) is 1.64. The van der Waals surface area contributed by atoms with Crippen LogP contribution in [-0.2, 0) is 0 Å². The maximum Gasteiger partial charge on any atom is 0.161 e. The van der Waals surface area contributed by atoms with Crippen LogP contribution in [0.15, 0.2) is 30.4 Å². The minimum absolute atomic E-state index is 0.536. The molecular weight excluding hydrogens is 204 g/mol. The average molecular weight is 220 g/mol. The van der Waals surface area contributed by atoms with Crippen molar-refractivity contribution in [3.05, 3.63) is 35.9 Å². The summed E-state index contributed by atoms with van der Waals surface area (Å²) in [7, 11) is 1.57. The minimum Gasteiger partial charge on any atom is -0.493 e. The fraction of sp³-hybridized carbons (Fsp3) is 0.308. The Morgan fingerprint density at radius 3 is 2.75 bits per heavy atom. The van der Waals surface area contributed by atoms with E-state index in [1.165, 1.54) is 0 Å². The molecular formula is C13H16O3. The summed E-state index contributed by atoms with van der Waals surface area (Å²) in [6.07, 6.45) is 1.57. The highest BCUT2D eigenvalue weighted by Gasteiger charge is 2.05. The van der Waals surface area contributed by atoms with Crippen molar-refractivity contribution in [1.29, 1.82) is 0 Å². The molecule has 3 heteroatoms. The maximum absolute atomic E-state index is 10.6. The van der Waals surface area contributed by atoms with Gasteiger partial charge >= 0.3 is 0 Å². The highest BCUT2D eigenvalue weighted by molar-refractivity contribution is 5.76. The molecule has 0 radical (unpaired) electrons. The standard InChI is InChI=1S/C13H16O3/c1-10(2)6-7-16-13-8-11(9-14)4-5-12(13)15-3/h4-5,8-9H,1,6-7H2,2-3H3. The average Bonchev–Trinajstić information content (AvgIpc) is 2.28. The van der Waals surface area contributed by atoms with Gasteiger partial charge in [0.2, 0.25) is 0 Å². The van der Waals surface area contributed by atoms with E-state index in [9.17, 15) is 4.79 Å². The Bertz CT molecular complexity index is 383. The van der Waals surface area contributed by atoms with E-state index in [-0.39, 0.29) is 0 Å². The Kier molecular flexibility index (Phi) is 4.58. The van der Waals surface area contributed by atoms with E-state index < -0.39 is 0 Å². The lowest BCUT2D eigenvalue weighted by atomic mass is 10.2. The normalized spacial score (nSPS) is 9.62. The summed E-state index contributed by atoms with van der Waals surface area (Å²) >= 11 is 0. The third-order valence-electron chi connectivity index (χ3n) is 2.11. The number of carbonyl (C=O) groups excluding carboxylic acids is 1. The summed E-state index contributed by atoms with van der Waals surface area (Å²) < 4.78 is 10.7. The van der Waals surface area contributed by atoms with Crippen LogP contribution in [0, 0.1) is 0 Å². The smallest absolute Gasteiger partial charge is 0.161 e. The molecule has 0 heterocycles. The largest absolute Gasteiger partial charge is 0.493 e. The van der Waals surface area contributed by atoms with Crippen LogP contribution in [0.3, 0.4) is 0 Å². The molecule has 0 aromatic heterocycles. The lowest BCUT2D eigenvalue weighted by Gasteiger charge is -2.10. The van der Waals surface area contributed by atoms with Crippen LogP contribution >= 0.6 is 0 Å². The number of hydrogen-bond donors (Lipinski definition) is 0. The lowest BCUT2D eigenvalue weighted by molar-refractivity contribution is 0.112. The van der Waals surface area contributed by atoms with Gasteiger partial charge in [-0.1, -0.05) is 5.57 Å². The zero-order chi connectivity index (χ0) is 12.0. The molecule has 0 amide bonds. The van der Waals surface area contributed by atoms with E-state index in [1.54, 1.807) is 25.3 Å². The molecule has 0 spiro atoms. The van der Waals surface area contributed by atoms with Gasteiger partial charge in [-0.3, -0.25) is 4.79 Å². The molecule has 0 aliphatic carbocycles. The van der Waals surface area contributed by atoms with Gasteiger partial charge in [0, 0.05) is 12.0 Å². The molecule has 1 aromatic rings. The van der Waals surface area contributed by atoms with Crippen molar-refractivity contribution < 1.29 is 14.3 Å². The molecule has 3 nitrogen and oxygen atoms in total. The number of methoxy groups -OCH3 is 1. The monoisotopic (exact) mass is 220 g/mol. The molecule has 0 saturated carbocycles. The van der Waals surface area contributed by atoms with Crippen molar-refractivity contribution in [1.82, 2.24) is 0 Å². The van der Waals surface area contributed by atoms with Crippen molar-refractivity contribution >= 4 is 6.29 Å². The third-order valence-corrected chi connectivity index (χ3v) is 2.11. The molecule has 0 aliphatic rings. The molecule has 0 atom stereocenters. The van der Waals surface area contributed by atoms with Gasteiger partial charge in [-0.25, -0.2) is 0 Å². The summed E-state index contributed by atoms with van der Waals surface area (Å²) in [6.45, 7) is 6.28. The van der Waals surface area contributed by atoms with E-state index in [4.69, 9.17) is 9.47 Å². The first-order chi connectivity index (χ1) is 7.67. The van der Waals surface area contributed by atoms with Crippen LogP contribution in [0.1, 0.15) is 23.7 Å². The van der Waals surface area contributed by atoms with Crippen LogP contribution in [0.4, 0.5) is 0 Å². The van der Waals surface area contributed by atoms with Crippen molar-refractivity contribution in [3.63, 3.8) is 0 Å². The zero-order valence-corrected chi connectivity index (χ0v) is 9.66. The van der Waals surface area contributed by atoms with Crippen LogP contribution < -0.4 is 9.47 Å². The SMILES string of the molecule is C=C(C)CCOc1cc(C=O)ccc1OC. The van der Waals surface area contributed by atoms with Gasteiger partial charge in [0.25, 0.3) is 0 Å². The van der Waals surface area contributed by atoms with Crippen molar-refractivity contribution in [2.24, 2.45) is 0 Å². The van der Waals surface area contributed by atoms with Gasteiger partial charge in [0.1, 0.15) is 6.29 Å². The molecule has 16 heavy (non-hydrogen) atoms. The topological polar surface area (TPSA) is 35.5 Å². The summed E-state index contributed by atoms with van der Waals surface area (Å²) in [4.78, 5) is 10.6. The summed E-state index contributed by atoms with van der Waals surface area (Å²) in [5.74, 6) is 1.22. The molecule has 0 saturated heterocycles. The number of hydrogen-bond acceptors (Lipinski definition) is 3. The third kappa shape index (κ3) is 3.42. The Morgan fingerprint density at radius 1 is 1.44 bits per heavy atom. The van der Waals surface area contributed by atoms with Crippen molar-refractivity contribution in [3.8, 4) is 11.5 Å². The Morgan fingerprint density at radius 2 is 2.19 bits per heavy atom. The Hall–Kier alpha value is -1.77. The summed E-state index contributed by atoms with van der Waals surface area (Å²) in [6, 6.07) is 5.08. The maximum atomic E-state index is 10.6. The predicted molar refractivity (Wildman–Crippen MR) is 63.3 cm³/mol. The first-order valence-electron chi connectivity index (χ1n) is 5.07. The second-order valence-corrected chi connectivity index (χ2v) is 3.58. The van der Waals surface area contributed by atoms with Gasteiger partial charge in [0.05, 0.1) is 13.7 Å². The fourth-order valence-corrected chi connectivity index (χ4v) is 1.21. The number of rotatable bonds is 6. The van der Waals surface area contributed by atoms with Gasteiger partial charge in [0.15, 0.2) is 11.5 Å². The zero-order valence-electron chi connectivity index (χ0n) is 9.66. The Labute approximate surface area is 95.7 Å². The molecule has 86 valence electrons. The van der Waals surface area contributed by atoms with E-state index in [0.717, 1.165) is 18.3 Å². The number of aldehydes is 1. The van der Waals surface area contributed by atoms with Gasteiger partial charge in [-0.15, -0.1) is 6.58 Å². The molecule has 1 aromatic carbocycles. The number of benzene rings is 1. The van der Waals surface area contributed by atoms with Gasteiger partial charge in [-0.2, -0.15) is 0 Å². The molecule has 0 fully saturated rings. The van der Waals surface area contributed by atoms with Crippen LogP contribution in [0.2, 0.25) is 0 Å². The second-order valence-electron chi connectivity index (χ2n) is 3.58. The van der Waals surface area contributed by atoms with Gasteiger partial charge in [-0.05, 0) is 25.1 Å². The summed E-state index contributed by atoms with van der Waals surface area (Å²) in [5, 5.41) is 0. The minimum atomic E-state index is 0.536. The van der Waals surface area contributed by atoms with Gasteiger partial charge < -0.3 is 9.47 Å². The first kappa shape index (κ1) is 12.3.